The zero-order valence-corrected chi connectivity index (χ0v) is 21.3. The first kappa shape index (κ1) is 25.0. The number of halogens is 3. The molecular weight excluding hydrogens is 477 g/mol. The van der Waals surface area contributed by atoms with Gasteiger partial charge in [0.05, 0.1) is 5.52 Å². The van der Waals surface area contributed by atoms with Gasteiger partial charge >= 0.3 is 0 Å². The number of para-hydroxylation sites is 1. The van der Waals surface area contributed by atoms with E-state index >= 15 is 4.39 Å². The van der Waals surface area contributed by atoms with E-state index in [9.17, 15) is 8.78 Å². The normalized spacial score (nSPS) is 16.0. The third-order valence-corrected chi connectivity index (χ3v) is 8.27. The maximum atomic E-state index is 16.8. The molecule has 188 valence electrons. The molecule has 0 bridgehead atoms. The van der Waals surface area contributed by atoms with Gasteiger partial charge in [0.25, 0.3) is 0 Å². The van der Waals surface area contributed by atoms with Crippen LogP contribution in [0, 0.1) is 11.6 Å². The SMILES string of the molecule is CCc1c(C2(F)CCN(CCCSc3ccc(F)cc3)CC2)c2ccc(F)cc2n1-c1ccccc1. The summed E-state index contributed by atoms with van der Waals surface area (Å²) in [6.45, 7) is 4.35. The number of hydrogen-bond donors (Lipinski definition) is 0. The van der Waals surface area contributed by atoms with E-state index in [0.29, 0.717) is 32.4 Å². The molecule has 1 aliphatic heterocycles. The standard InChI is InChI=1S/C30H31F3N2S/c1-2-27-29(26-14-11-23(32)21-28(26)35(27)24-7-4-3-5-8-24)30(33)15-18-34(19-16-30)17-6-20-36-25-12-9-22(31)10-13-25/h3-5,7-14,21H,2,6,15-20H2,1H3. The minimum Gasteiger partial charge on any atom is -0.313 e. The van der Waals surface area contributed by atoms with E-state index in [2.05, 4.69) is 4.90 Å². The molecule has 0 spiro atoms. The molecule has 2 heterocycles. The summed E-state index contributed by atoms with van der Waals surface area (Å²) < 4.78 is 46.2. The van der Waals surface area contributed by atoms with Crippen LogP contribution < -0.4 is 0 Å². The van der Waals surface area contributed by atoms with Gasteiger partial charge < -0.3 is 9.47 Å². The molecule has 0 saturated carbocycles. The average Bonchev–Trinajstić information content (AvgIpc) is 3.23. The number of alkyl halides is 1. The number of nitrogens with zero attached hydrogens (tertiary/aromatic N) is 2. The van der Waals surface area contributed by atoms with Gasteiger partial charge in [0, 0.05) is 40.3 Å². The first-order chi connectivity index (χ1) is 17.5. The van der Waals surface area contributed by atoms with Crippen LogP contribution in [0.25, 0.3) is 16.6 Å². The van der Waals surface area contributed by atoms with Crippen LogP contribution in [0.3, 0.4) is 0 Å². The lowest BCUT2D eigenvalue weighted by molar-refractivity contribution is 0.0566. The van der Waals surface area contributed by atoms with Gasteiger partial charge in [-0.2, -0.15) is 0 Å². The van der Waals surface area contributed by atoms with E-state index in [4.69, 9.17) is 0 Å². The Morgan fingerprint density at radius 2 is 1.58 bits per heavy atom. The quantitative estimate of drug-likeness (QED) is 0.176. The van der Waals surface area contributed by atoms with Crippen LogP contribution >= 0.6 is 11.8 Å². The number of piperidine rings is 1. The molecule has 0 unspecified atom stereocenters. The van der Waals surface area contributed by atoms with Gasteiger partial charge in [-0.3, -0.25) is 0 Å². The maximum Gasteiger partial charge on any atom is 0.140 e. The number of thioether (sulfide) groups is 1. The number of benzene rings is 3. The number of hydrogen-bond acceptors (Lipinski definition) is 2. The van der Waals surface area contributed by atoms with Crippen molar-refractivity contribution in [1.82, 2.24) is 9.47 Å². The molecule has 5 rings (SSSR count). The second kappa shape index (κ2) is 10.7. The summed E-state index contributed by atoms with van der Waals surface area (Å²) in [6, 6.07) is 21.2. The smallest absolute Gasteiger partial charge is 0.140 e. The largest absolute Gasteiger partial charge is 0.313 e. The number of fused-ring (bicyclic) bond motifs is 1. The van der Waals surface area contributed by atoms with Gasteiger partial charge in [-0.25, -0.2) is 13.2 Å². The zero-order valence-electron chi connectivity index (χ0n) is 20.5. The van der Waals surface area contributed by atoms with E-state index in [1.54, 1.807) is 30.0 Å². The lowest BCUT2D eigenvalue weighted by atomic mass is 9.83. The fraction of sp³-hybridized carbons (Fsp3) is 0.333. The highest BCUT2D eigenvalue weighted by Gasteiger charge is 2.40. The van der Waals surface area contributed by atoms with Crippen LogP contribution in [0.5, 0.6) is 0 Å². The van der Waals surface area contributed by atoms with Gasteiger partial charge in [0.1, 0.15) is 17.3 Å². The van der Waals surface area contributed by atoms with E-state index in [1.165, 1.54) is 24.3 Å². The van der Waals surface area contributed by atoms with Crippen molar-refractivity contribution in [2.45, 2.75) is 43.2 Å². The second-order valence-corrected chi connectivity index (χ2v) is 10.6. The Morgan fingerprint density at radius 3 is 2.28 bits per heavy atom. The minimum atomic E-state index is -1.44. The molecule has 0 radical (unpaired) electrons. The topological polar surface area (TPSA) is 8.17 Å². The average molecular weight is 509 g/mol. The van der Waals surface area contributed by atoms with E-state index in [-0.39, 0.29) is 11.6 Å². The Balaban J connectivity index is 1.32. The number of likely N-dealkylation sites (tertiary alicyclic amines) is 1. The third kappa shape index (κ3) is 5.07. The summed E-state index contributed by atoms with van der Waals surface area (Å²) in [5, 5.41) is 0.809. The fourth-order valence-electron chi connectivity index (χ4n) is 5.41. The van der Waals surface area contributed by atoms with Crippen molar-refractivity contribution in [3.63, 3.8) is 0 Å². The van der Waals surface area contributed by atoms with Crippen molar-refractivity contribution in [3.8, 4) is 5.69 Å². The minimum absolute atomic E-state index is 0.217. The second-order valence-electron chi connectivity index (χ2n) is 9.47. The van der Waals surface area contributed by atoms with Crippen molar-refractivity contribution in [1.29, 1.82) is 0 Å². The van der Waals surface area contributed by atoms with Crippen LogP contribution in [-0.4, -0.2) is 34.9 Å². The van der Waals surface area contributed by atoms with Crippen LogP contribution in [0.15, 0.2) is 77.7 Å². The Hall–Kier alpha value is -2.70. The van der Waals surface area contributed by atoms with E-state index in [1.807, 2.05) is 41.8 Å². The Bertz CT molecular complexity index is 1310. The van der Waals surface area contributed by atoms with Crippen LogP contribution in [0.4, 0.5) is 13.2 Å². The molecule has 2 nitrogen and oxygen atoms in total. The molecule has 0 aliphatic carbocycles. The number of rotatable bonds is 8. The molecular formula is C30H31F3N2S. The molecule has 0 amide bonds. The molecule has 4 aromatic rings. The maximum absolute atomic E-state index is 16.8. The first-order valence-electron chi connectivity index (χ1n) is 12.7. The third-order valence-electron chi connectivity index (χ3n) is 7.18. The highest BCUT2D eigenvalue weighted by Crippen LogP contribution is 2.45. The molecule has 0 N–H and O–H groups in total. The molecule has 36 heavy (non-hydrogen) atoms. The lowest BCUT2D eigenvalue weighted by Gasteiger charge is -2.37. The Kier molecular flexibility index (Phi) is 7.44. The van der Waals surface area contributed by atoms with Gasteiger partial charge in [-0.05, 0) is 92.6 Å². The van der Waals surface area contributed by atoms with E-state index in [0.717, 1.165) is 51.5 Å². The lowest BCUT2D eigenvalue weighted by Crippen LogP contribution is -2.41. The summed E-state index contributed by atoms with van der Waals surface area (Å²) in [5.41, 5.74) is 1.87. The van der Waals surface area contributed by atoms with Gasteiger partial charge in [-0.15, -0.1) is 11.8 Å². The number of aromatic nitrogens is 1. The molecule has 0 atom stereocenters. The molecule has 1 saturated heterocycles. The van der Waals surface area contributed by atoms with Crippen LogP contribution in [-0.2, 0) is 12.1 Å². The van der Waals surface area contributed by atoms with Crippen molar-refractivity contribution in [2.75, 3.05) is 25.4 Å². The monoisotopic (exact) mass is 508 g/mol. The van der Waals surface area contributed by atoms with Crippen molar-refractivity contribution in [2.24, 2.45) is 0 Å². The Labute approximate surface area is 215 Å². The van der Waals surface area contributed by atoms with Crippen molar-refractivity contribution < 1.29 is 13.2 Å². The fourth-order valence-corrected chi connectivity index (χ4v) is 6.25. The highest BCUT2D eigenvalue weighted by atomic mass is 32.2. The Morgan fingerprint density at radius 1 is 0.889 bits per heavy atom. The van der Waals surface area contributed by atoms with Crippen LogP contribution in [0.1, 0.15) is 37.4 Å². The van der Waals surface area contributed by atoms with Crippen LogP contribution in [0.2, 0.25) is 0 Å². The zero-order chi connectivity index (χ0) is 25.1. The van der Waals surface area contributed by atoms with Gasteiger partial charge in [0.15, 0.2) is 0 Å². The predicted molar refractivity (Wildman–Crippen MR) is 143 cm³/mol. The summed E-state index contributed by atoms with van der Waals surface area (Å²) in [4.78, 5) is 3.40. The summed E-state index contributed by atoms with van der Waals surface area (Å²) >= 11 is 1.72. The molecule has 1 aromatic heterocycles. The van der Waals surface area contributed by atoms with Gasteiger partial charge in [0.2, 0.25) is 0 Å². The molecule has 3 aromatic carbocycles. The van der Waals surface area contributed by atoms with Gasteiger partial charge in [-0.1, -0.05) is 25.1 Å². The predicted octanol–water partition coefficient (Wildman–Crippen LogP) is 7.91. The highest BCUT2D eigenvalue weighted by molar-refractivity contribution is 7.99. The first-order valence-corrected chi connectivity index (χ1v) is 13.7. The molecule has 1 aliphatic rings. The van der Waals surface area contributed by atoms with Crippen molar-refractivity contribution in [3.05, 3.63) is 95.7 Å². The summed E-state index contributed by atoms with van der Waals surface area (Å²) in [5.74, 6) is 0.414. The molecule has 1 fully saturated rings. The summed E-state index contributed by atoms with van der Waals surface area (Å²) in [6.07, 6.45) is 2.51. The summed E-state index contributed by atoms with van der Waals surface area (Å²) in [7, 11) is 0. The van der Waals surface area contributed by atoms with Crippen molar-refractivity contribution >= 4 is 22.7 Å². The van der Waals surface area contributed by atoms with E-state index < -0.39 is 5.67 Å². The molecule has 6 heteroatoms.